The molecule has 0 aliphatic rings. The lowest BCUT2D eigenvalue weighted by atomic mass is 10.2. The molecule has 0 aromatic heterocycles. The fourth-order valence-corrected chi connectivity index (χ4v) is 1.46. The van der Waals surface area contributed by atoms with Crippen LogP contribution in [0.25, 0.3) is 0 Å². The van der Waals surface area contributed by atoms with Crippen molar-refractivity contribution in [3.63, 3.8) is 0 Å². The van der Waals surface area contributed by atoms with Gasteiger partial charge in [-0.05, 0) is 6.07 Å². The van der Waals surface area contributed by atoms with Gasteiger partial charge in [0.2, 0.25) is 0 Å². The molecule has 0 saturated heterocycles. The molecule has 4 heteroatoms. The van der Waals surface area contributed by atoms with Gasteiger partial charge < -0.3 is 14.8 Å². The molecule has 0 saturated carbocycles. The zero-order chi connectivity index (χ0) is 12.5. The molecule has 0 unspecified atom stereocenters. The number of benzene rings is 1. The Bertz CT molecular complexity index is 355. The number of ether oxygens (including phenoxy) is 2. The standard InChI is InChI=1S/C13H18BrNO2/c1-11(14)10-17-13-6-4-3-5-12(13)9-15-7-8-16-2/h3-6,15H,1,7-10H2,2H3. The van der Waals surface area contributed by atoms with E-state index in [0.29, 0.717) is 13.2 Å². The third-order valence-corrected chi connectivity index (χ3v) is 2.38. The zero-order valence-electron chi connectivity index (χ0n) is 10.0. The number of methoxy groups -OCH3 is 1. The van der Waals surface area contributed by atoms with E-state index in [1.807, 2.05) is 24.3 Å². The first-order valence-corrected chi connectivity index (χ1v) is 6.27. The van der Waals surface area contributed by atoms with Crippen molar-refractivity contribution in [1.29, 1.82) is 0 Å². The van der Waals surface area contributed by atoms with Gasteiger partial charge >= 0.3 is 0 Å². The van der Waals surface area contributed by atoms with Gasteiger partial charge in [-0.25, -0.2) is 0 Å². The van der Waals surface area contributed by atoms with Crippen LogP contribution in [0.5, 0.6) is 5.75 Å². The van der Waals surface area contributed by atoms with Crippen molar-refractivity contribution >= 4 is 15.9 Å². The van der Waals surface area contributed by atoms with Gasteiger partial charge in [-0.1, -0.05) is 40.7 Å². The molecule has 0 atom stereocenters. The molecule has 94 valence electrons. The lowest BCUT2D eigenvalue weighted by Gasteiger charge is -2.11. The number of para-hydroxylation sites is 1. The summed E-state index contributed by atoms with van der Waals surface area (Å²) in [5.74, 6) is 0.887. The van der Waals surface area contributed by atoms with E-state index in [9.17, 15) is 0 Å². The van der Waals surface area contributed by atoms with Crippen LogP contribution in [0.2, 0.25) is 0 Å². The average molecular weight is 300 g/mol. The summed E-state index contributed by atoms with van der Waals surface area (Å²) in [4.78, 5) is 0. The highest BCUT2D eigenvalue weighted by Gasteiger charge is 2.02. The Morgan fingerprint density at radius 1 is 1.41 bits per heavy atom. The van der Waals surface area contributed by atoms with Crippen molar-refractivity contribution in [2.75, 3.05) is 26.9 Å². The number of halogens is 1. The Labute approximate surface area is 111 Å². The summed E-state index contributed by atoms with van der Waals surface area (Å²) in [6.45, 7) is 6.54. The molecule has 1 N–H and O–H groups in total. The van der Waals surface area contributed by atoms with Crippen LogP contribution in [-0.2, 0) is 11.3 Å². The third-order valence-electron chi connectivity index (χ3n) is 2.16. The second kappa shape index (κ2) is 8.28. The second-order valence-corrected chi connectivity index (χ2v) is 4.70. The van der Waals surface area contributed by atoms with E-state index < -0.39 is 0 Å². The summed E-state index contributed by atoms with van der Waals surface area (Å²) >= 11 is 3.28. The Balaban J connectivity index is 2.48. The van der Waals surface area contributed by atoms with Crippen LogP contribution in [0.15, 0.2) is 35.3 Å². The van der Waals surface area contributed by atoms with E-state index in [1.165, 1.54) is 0 Å². The predicted octanol–water partition coefficient (Wildman–Crippen LogP) is 2.71. The van der Waals surface area contributed by atoms with Crippen LogP contribution in [0.4, 0.5) is 0 Å². The Hall–Kier alpha value is -0.840. The van der Waals surface area contributed by atoms with Gasteiger partial charge in [-0.15, -0.1) is 0 Å². The van der Waals surface area contributed by atoms with E-state index in [0.717, 1.165) is 28.9 Å². The lowest BCUT2D eigenvalue weighted by Crippen LogP contribution is -2.19. The molecule has 1 aromatic carbocycles. The van der Waals surface area contributed by atoms with Gasteiger partial charge in [0.05, 0.1) is 6.61 Å². The van der Waals surface area contributed by atoms with Crippen LogP contribution >= 0.6 is 15.9 Å². The van der Waals surface area contributed by atoms with E-state index in [4.69, 9.17) is 9.47 Å². The van der Waals surface area contributed by atoms with Gasteiger partial charge in [0.1, 0.15) is 12.4 Å². The smallest absolute Gasteiger partial charge is 0.124 e. The maximum Gasteiger partial charge on any atom is 0.124 e. The van der Waals surface area contributed by atoms with Crippen LogP contribution < -0.4 is 10.1 Å². The van der Waals surface area contributed by atoms with Crippen molar-refractivity contribution in [3.8, 4) is 5.75 Å². The van der Waals surface area contributed by atoms with Gasteiger partial charge in [0.15, 0.2) is 0 Å². The molecule has 0 heterocycles. The van der Waals surface area contributed by atoms with E-state index in [1.54, 1.807) is 7.11 Å². The predicted molar refractivity (Wildman–Crippen MR) is 73.6 cm³/mol. The first-order valence-electron chi connectivity index (χ1n) is 5.47. The minimum Gasteiger partial charge on any atom is -0.488 e. The summed E-state index contributed by atoms with van der Waals surface area (Å²) in [7, 11) is 1.69. The van der Waals surface area contributed by atoms with E-state index >= 15 is 0 Å². The summed E-state index contributed by atoms with van der Waals surface area (Å²) in [6.07, 6.45) is 0. The topological polar surface area (TPSA) is 30.5 Å². The summed E-state index contributed by atoms with van der Waals surface area (Å²) in [5.41, 5.74) is 1.14. The maximum atomic E-state index is 5.64. The molecular weight excluding hydrogens is 282 g/mol. The molecule has 0 aliphatic heterocycles. The average Bonchev–Trinajstić information content (AvgIpc) is 2.33. The van der Waals surface area contributed by atoms with E-state index in [-0.39, 0.29) is 0 Å². The summed E-state index contributed by atoms with van der Waals surface area (Å²) in [6, 6.07) is 7.98. The number of hydrogen-bond donors (Lipinski definition) is 1. The number of rotatable bonds is 8. The Kier molecular flexibility index (Phi) is 6.93. The molecule has 0 spiro atoms. The second-order valence-electron chi connectivity index (χ2n) is 3.58. The Morgan fingerprint density at radius 2 is 2.18 bits per heavy atom. The summed E-state index contributed by atoms with van der Waals surface area (Å²) in [5, 5.41) is 3.29. The normalized spacial score (nSPS) is 10.2. The van der Waals surface area contributed by atoms with Crippen LogP contribution in [0, 0.1) is 0 Å². The van der Waals surface area contributed by atoms with Gasteiger partial charge in [-0.3, -0.25) is 0 Å². The number of hydrogen-bond acceptors (Lipinski definition) is 3. The van der Waals surface area contributed by atoms with Crippen LogP contribution in [-0.4, -0.2) is 26.9 Å². The lowest BCUT2D eigenvalue weighted by molar-refractivity contribution is 0.199. The fraction of sp³-hybridized carbons (Fsp3) is 0.385. The minimum atomic E-state index is 0.481. The van der Waals surface area contributed by atoms with Gasteiger partial charge in [0.25, 0.3) is 0 Å². The minimum absolute atomic E-state index is 0.481. The number of nitrogens with one attached hydrogen (secondary N) is 1. The monoisotopic (exact) mass is 299 g/mol. The third kappa shape index (κ3) is 5.86. The van der Waals surface area contributed by atoms with Crippen LogP contribution in [0.1, 0.15) is 5.56 Å². The zero-order valence-corrected chi connectivity index (χ0v) is 11.6. The quantitative estimate of drug-likeness (QED) is 0.749. The highest BCUT2D eigenvalue weighted by Crippen LogP contribution is 2.18. The first-order chi connectivity index (χ1) is 8.24. The first kappa shape index (κ1) is 14.2. The Morgan fingerprint density at radius 3 is 2.88 bits per heavy atom. The van der Waals surface area contributed by atoms with Gasteiger partial charge in [-0.2, -0.15) is 0 Å². The molecule has 0 bridgehead atoms. The largest absolute Gasteiger partial charge is 0.488 e. The van der Waals surface area contributed by atoms with Crippen molar-refractivity contribution in [1.82, 2.24) is 5.32 Å². The molecule has 17 heavy (non-hydrogen) atoms. The highest BCUT2D eigenvalue weighted by atomic mass is 79.9. The molecule has 0 fully saturated rings. The fourth-order valence-electron chi connectivity index (χ4n) is 1.34. The SMILES string of the molecule is C=C(Br)COc1ccccc1CNCCOC. The van der Waals surface area contributed by atoms with Crippen molar-refractivity contribution in [3.05, 3.63) is 40.9 Å². The van der Waals surface area contributed by atoms with Crippen molar-refractivity contribution in [2.45, 2.75) is 6.54 Å². The molecule has 0 amide bonds. The molecule has 0 radical (unpaired) electrons. The van der Waals surface area contributed by atoms with Crippen molar-refractivity contribution < 1.29 is 9.47 Å². The summed E-state index contributed by atoms with van der Waals surface area (Å²) < 4.78 is 11.4. The van der Waals surface area contributed by atoms with E-state index in [2.05, 4.69) is 27.8 Å². The highest BCUT2D eigenvalue weighted by molar-refractivity contribution is 9.11. The molecule has 3 nitrogen and oxygen atoms in total. The molecule has 1 rings (SSSR count). The molecular formula is C13H18BrNO2. The van der Waals surface area contributed by atoms with Crippen LogP contribution in [0.3, 0.4) is 0 Å². The maximum absolute atomic E-state index is 5.64. The van der Waals surface area contributed by atoms with Crippen molar-refractivity contribution in [2.24, 2.45) is 0 Å². The van der Waals surface area contributed by atoms with Gasteiger partial charge in [0, 0.05) is 30.2 Å². The molecule has 0 aliphatic carbocycles. The molecule has 1 aromatic rings.